The van der Waals surface area contributed by atoms with E-state index in [1.54, 1.807) is 0 Å². The number of carbonyl (C=O) groups excluding carboxylic acids is 1. The lowest BCUT2D eigenvalue weighted by Crippen LogP contribution is -2.30. The number of hydrogen-bond donors (Lipinski definition) is 2. The fraction of sp³-hybridized carbons (Fsp3) is 0.750. The Morgan fingerprint density at radius 2 is 2.06 bits per heavy atom. The van der Waals surface area contributed by atoms with Gasteiger partial charge in [0.25, 0.3) is 5.91 Å². The minimum Gasteiger partial charge on any atom is -0.349 e. The van der Waals surface area contributed by atoms with Crippen molar-refractivity contribution in [2.75, 3.05) is 26.2 Å². The van der Waals surface area contributed by atoms with Crippen LogP contribution in [0.15, 0.2) is 0 Å². The van der Waals surface area contributed by atoms with Crippen LogP contribution in [0.3, 0.4) is 0 Å². The fourth-order valence-corrected chi connectivity index (χ4v) is 1.68. The van der Waals surface area contributed by atoms with Crippen LogP contribution in [0.4, 0.5) is 0 Å². The number of aromatic nitrogens is 3. The van der Waals surface area contributed by atoms with Gasteiger partial charge in [-0.2, -0.15) is 0 Å². The second-order valence-electron chi connectivity index (χ2n) is 4.10. The Labute approximate surface area is 108 Å². The van der Waals surface area contributed by atoms with E-state index in [9.17, 15) is 4.79 Å². The van der Waals surface area contributed by atoms with Crippen molar-refractivity contribution in [3.05, 3.63) is 11.6 Å². The number of amides is 1. The second-order valence-corrected chi connectivity index (χ2v) is 4.10. The molecule has 0 aliphatic rings. The maximum Gasteiger partial charge on any atom is 0.290 e. The van der Waals surface area contributed by atoms with Crippen LogP contribution in [-0.4, -0.2) is 52.2 Å². The highest BCUT2D eigenvalue weighted by Crippen LogP contribution is 1.94. The van der Waals surface area contributed by atoms with Gasteiger partial charge in [0.1, 0.15) is 5.82 Å². The van der Waals surface area contributed by atoms with Gasteiger partial charge in [-0.3, -0.25) is 9.89 Å². The van der Waals surface area contributed by atoms with Gasteiger partial charge in [-0.15, -0.1) is 5.10 Å². The van der Waals surface area contributed by atoms with Gasteiger partial charge in [0.05, 0.1) is 0 Å². The molecule has 18 heavy (non-hydrogen) atoms. The average Bonchev–Trinajstić information content (AvgIpc) is 2.87. The lowest BCUT2D eigenvalue weighted by Gasteiger charge is -2.17. The number of carbonyl (C=O) groups is 1. The van der Waals surface area contributed by atoms with Gasteiger partial charge in [-0.1, -0.05) is 20.8 Å². The molecule has 0 saturated carbocycles. The van der Waals surface area contributed by atoms with Crippen molar-refractivity contribution < 1.29 is 4.79 Å². The van der Waals surface area contributed by atoms with Crippen LogP contribution in [0, 0.1) is 0 Å². The van der Waals surface area contributed by atoms with E-state index in [-0.39, 0.29) is 11.7 Å². The van der Waals surface area contributed by atoms with E-state index in [0.717, 1.165) is 38.3 Å². The minimum absolute atomic E-state index is 0.203. The molecule has 1 aromatic rings. The summed E-state index contributed by atoms with van der Waals surface area (Å²) in [5, 5.41) is 9.44. The summed E-state index contributed by atoms with van der Waals surface area (Å²) < 4.78 is 0. The van der Waals surface area contributed by atoms with Crippen LogP contribution >= 0.6 is 0 Å². The smallest absolute Gasteiger partial charge is 0.290 e. The molecule has 1 aromatic heterocycles. The van der Waals surface area contributed by atoms with Crippen LogP contribution < -0.4 is 5.32 Å². The van der Waals surface area contributed by atoms with Crippen molar-refractivity contribution >= 4 is 5.91 Å². The second kappa shape index (κ2) is 7.81. The molecule has 0 spiro atoms. The predicted octanol–water partition coefficient (Wildman–Crippen LogP) is 0.829. The summed E-state index contributed by atoms with van der Waals surface area (Å²) in [6.45, 7) is 10.00. The van der Waals surface area contributed by atoms with Crippen LogP contribution in [0.2, 0.25) is 0 Å². The number of aromatic amines is 1. The lowest BCUT2D eigenvalue weighted by molar-refractivity contribution is 0.0942. The van der Waals surface area contributed by atoms with Crippen LogP contribution in [0.1, 0.15) is 43.6 Å². The zero-order valence-electron chi connectivity index (χ0n) is 11.5. The normalized spacial score (nSPS) is 10.9. The highest BCUT2D eigenvalue weighted by molar-refractivity contribution is 5.90. The molecule has 0 atom stereocenters. The molecule has 0 aromatic carbocycles. The van der Waals surface area contributed by atoms with Gasteiger partial charge < -0.3 is 10.2 Å². The summed E-state index contributed by atoms with van der Waals surface area (Å²) in [6, 6.07) is 0. The van der Waals surface area contributed by atoms with Crippen molar-refractivity contribution in [3.8, 4) is 0 Å². The molecule has 0 aliphatic carbocycles. The first-order chi connectivity index (χ1) is 8.71. The third-order valence-electron chi connectivity index (χ3n) is 2.90. The Morgan fingerprint density at radius 3 is 2.61 bits per heavy atom. The van der Waals surface area contributed by atoms with E-state index >= 15 is 0 Å². The third-order valence-corrected chi connectivity index (χ3v) is 2.90. The lowest BCUT2D eigenvalue weighted by atomic mass is 10.3. The van der Waals surface area contributed by atoms with Crippen molar-refractivity contribution in [3.63, 3.8) is 0 Å². The maximum atomic E-state index is 11.7. The Kier molecular flexibility index (Phi) is 6.35. The summed E-state index contributed by atoms with van der Waals surface area (Å²) in [7, 11) is 0. The number of H-pyrrole nitrogens is 1. The number of hydrogen-bond acceptors (Lipinski definition) is 4. The minimum atomic E-state index is -0.203. The van der Waals surface area contributed by atoms with Gasteiger partial charge in [-0.25, -0.2) is 4.98 Å². The van der Waals surface area contributed by atoms with Gasteiger partial charge in [0, 0.05) is 13.0 Å². The first-order valence-electron chi connectivity index (χ1n) is 6.63. The Hall–Kier alpha value is -1.43. The van der Waals surface area contributed by atoms with Crippen LogP contribution in [0.25, 0.3) is 0 Å². The monoisotopic (exact) mass is 253 g/mol. The summed E-state index contributed by atoms with van der Waals surface area (Å²) in [5.74, 6) is 0.767. The Morgan fingerprint density at radius 1 is 1.33 bits per heavy atom. The zero-order chi connectivity index (χ0) is 13.4. The summed E-state index contributed by atoms with van der Waals surface area (Å²) in [4.78, 5) is 18.1. The molecule has 102 valence electrons. The fourth-order valence-electron chi connectivity index (χ4n) is 1.68. The van der Waals surface area contributed by atoms with Crippen molar-refractivity contribution in [2.45, 2.75) is 33.6 Å². The number of nitrogens with zero attached hydrogens (tertiary/aromatic N) is 3. The molecule has 0 aliphatic heterocycles. The van der Waals surface area contributed by atoms with Gasteiger partial charge in [0.2, 0.25) is 5.82 Å². The SMILES string of the molecule is CCc1nc(C(=O)NCCCN(CC)CC)n[nH]1. The summed E-state index contributed by atoms with van der Waals surface area (Å²) in [5.41, 5.74) is 0. The highest BCUT2D eigenvalue weighted by Gasteiger charge is 2.10. The molecule has 2 N–H and O–H groups in total. The largest absolute Gasteiger partial charge is 0.349 e. The molecule has 1 rings (SSSR count). The quantitative estimate of drug-likeness (QED) is 0.673. The van der Waals surface area contributed by atoms with Crippen molar-refractivity contribution in [1.29, 1.82) is 0 Å². The van der Waals surface area contributed by atoms with Gasteiger partial charge in [0.15, 0.2) is 0 Å². The molecular weight excluding hydrogens is 230 g/mol. The molecular formula is C12H23N5O. The third kappa shape index (κ3) is 4.44. The molecule has 0 bridgehead atoms. The standard InChI is InChI=1S/C12H23N5O/c1-4-10-14-11(16-15-10)12(18)13-8-7-9-17(5-2)6-3/h4-9H2,1-3H3,(H,13,18)(H,14,15,16). The van der Waals surface area contributed by atoms with Crippen molar-refractivity contribution in [1.82, 2.24) is 25.4 Å². The van der Waals surface area contributed by atoms with Gasteiger partial charge in [-0.05, 0) is 26.1 Å². The predicted molar refractivity (Wildman–Crippen MR) is 70.5 cm³/mol. The molecule has 0 fully saturated rings. The topological polar surface area (TPSA) is 73.9 Å². The summed E-state index contributed by atoms with van der Waals surface area (Å²) in [6.07, 6.45) is 1.70. The van der Waals surface area contributed by atoms with E-state index in [1.807, 2.05) is 6.92 Å². The average molecular weight is 253 g/mol. The Bertz CT molecular complexity index is 359. The number of aryl methyl sites for hydroxylation is 1. The molecule has 6 heteroatoms. The van der Waals surface area contributed by atoms with E-state index in [2.05, 4.69) is 39.2 Å². The molecule has 1 amide bonds. The molecule has 1 heterocycles. The number of nitrogens with one attached hydrogen (secondary N) is 2. The van der Waals surface area contributed by atoms with E-state index < -0.39 is 0 Å². The molecule has 0 radical (unpaired) electrons. The zero-order valence-corrected chi connectivity index (χ0v) is 11.5. The first-order valence-corrected chi connectivity index (χ1v) is 6.63. The molecule has 6 nitrogen and oxygen atoms in total. The first kappa shape index (κ1) is 14.6. The van der Waals surface area contributed by atoms with Gasteiger partial charge >= 0.3 is 0 Å². The maximum absolute atomic E-state index is 11.7. The van der Waals surface area contributed by atoms with E-state index in [4.69, 9.17) is 0 Å². The van der Waals surface area contributed by atoms with E-state index in [1.165, 1.54) is 0 Å². The van der Waals surface area contributed by atoms with Crippen LogP contribution in [-0.2, 0) is 6.42 Å². The van der Waals surface area contributed by atoms with E-state index in [0.29, 0.717) is 6.54 Å². The van der Waals surface area contributed by atoms with Crippen LogP contribution in [0.5, 0.6) is 0 Å². The summed E-state index contributed by atoms with van der Waals surface area (Å²) >= 11 is 0. The highest BCUT2D eigenvalue weighted by atomic mass is 16.2. The number of rotatable bonds is 8. The van der Waals surface area contributed by atoms with Crippen molar-refractivity contribution in [2.24, 2.45) is 0 Å². The molecule has 0 saturated heterocycles. The molecule has 0 unspecified atom stereocenters. The Balaban J connectivity index is 2.25.